The Labute approximate surface area is 206 Å². The summed E-state index contributed by atoms with van der Waals surface area (Å²) in [5, 5.41) is 16.2. The number of rotatable bonds is 7. The van der Waals surface area contributed by atoms with Crippen molar-refractivity contribution in [3.63, 3.8) is 0 Å². The number of nitrogens with zero attached hydrogens (tertiary/aromatic N) is 2. The molecule has 0 saturated carbocycles. The van der Waals surface area contributed by atoms with E-state index in [0.29, 0.717) is 31.5 Å². The third kappa shape index (κ3) is 7.88. The number of carbonyl (C=O) groups excluding carboxylic acids is 2. The minimum absolute atomic E-state index is 0.0173. The Hall–Kier alpha value is -2.24. The Bertz CT molecular complexity index is 806. The van der Waals surface area contributed by atoms with E-state index in [2.05, 4.69) is 15.5 Å². The first kappa shape index (κ1) is 25.8. The molecule has 3 amide bonds. The second-order valence-electron chi connectivity index (χ2n) is 9.44. The number of para-hydroxylation sites is 1. The zero-order valence-electron chi connectivity index (χ0n) is 20.3. The number of hydrogen-bond acceptors (Lipinski definition) is 7. The zero-order valence-corrected chi connectivity index (χ0v) is 20.3. The fourth-order valence-corrected chi connectivity index (χ4v) is 4.93. The van der Waals surface area contributed by atoms with E-state index in [1.165, 1.54) is 0 Å². The van der Waals surface area contributed by atoms with Crippen LogP contribution in [-0.2, 0) is 19.0 Å². The highest BCUT2D eigenvalue weighted by Gasteiger charge is 2.40. The maximum atomic E-state index is 13.1. The van der Waals surface area contributed by atoms with E-state index in [0.717, 1.165) is 39.3 Å². The molecule has 3 aliphatic heterocycles. The number of fused-ring (bicyclic) bond motifs is 1. The molecule has 0 unspecified atom stereocenters. The van der Waals surface area contributed by atoms with E-state index in [4.69, 9.17) is 14.2 Å². The summed E-state index contributed by atoms with van der Waals surface area (Å²) in [5.74, 6) is -0.0173. The van der Waals surface area contributed by atoms with Gasteiger partial charge in [0.15, 0.2) is 0 Å². The van der Waals surface area contributed by atoms with Crippen LogP contribution in [0.5, 0.6) is 0 Å². The number of amides is 3. The molecule has 0 radical (unpaired) electrons. The first-order valence-corrected chi connectivity index (χ1v) is 12.7. The van der Waals surface area contributed by atoms with Crippen molar-refractivity contribution in [3.05, 3.63) is 30.3 Å². The summed E-state index contributed by atoms with van der Waals surface area (Å²) in [6.07, 6.45) is 1.20. The zero-order chi connectivity index (χ0) is 24.5. The Balaban J connectivity index is 1.25. The number of urea groups is 1. The molecular weight excluding hydrogens is 452 g/mol. The summed E-state index contributed by atoms with van der Waals surface area (Å²) in [6.45, 7) is 5.63. The second-order valence-corrected chi connectivity index (χ2v) is 9.44. The smallest absolute Gasteiger partial charge is 0.322 e. The Morgan fingerprint density at radius 1 is 1.06 bits per heavy atom. The van der Waals surface area contributed by atoms with E-state index in [1.54, 1.807) is 4.90 Å². The van der Waals surface area contributed by atoms with Crippen molar-refractivity contribution in [2.45, 2.75) is 50.0 Å². The third-order valence-corrected chi connectivity index (χ3v) is 6.76. The number of benzene rings is 1. The average Bonchev–Trinajstić information content (AvgIpc) is 2.86. The number of aliphatic hydroxyl groups is 1. The number of nitrogens with one attached hydrogen (secondary N) is 2. The van der Waals surface area contributed by atoms with Gasteiger partial charge < -0.3 is 34.9 Å². The van der Waals surface area contributed by atoms with E-state index < -0.39 is 6.10 Å². The molecule has 194 valence electrons. The fourth-order valence-electron chi connectivity index (χ4n) is 4.93. The van der Waals surface area contributed by atoms with Gasteiger partial charge in [-0.1, -0.05) is 18.2 Å². The van der Waals surface area contributed by atoms with Crippen LogP contribution in [0.4, 0.5) is 10.5 Å². The maximum Gasteiger partial charge on any atom is 0.322 e. The minimum Gasteiger partial charge on any atom is -0.389 e. The standard InChI is InChI=1S/C25H38N4O6/c30-20-16-29(25(32)27-19-5-2-1-3-6-19)22-8-7-21(35-23(22)18-34-17-20)15-24(31)26-9-4-10-28-11-13-33-14-12-28/h1-3,5-6,20-23,30H,4,7-18H2,(H,26,31)(H,27,32)/t20-,21-,22+,23-/m0/s1. The molecular formula is C25H38N4O6. The van der Waals surface area contributed by atoms with Crippen molar-refractivity contribution < 1.29 is 28.9 Å². The van der Waals surface area contributed by atoms with Gasteiger partial charge in [0, 0.05) is 25.3 Å². The Morgan fingerprint density at radius 2 is 1.86 bits per heavy atom. The quantitative estimate of drug-likeness (QED) is 0.490. The lowest BCUT2D eigenvalue weighted by atomic mass is 9.95. The van der Waals surface area contributed by atoms with Gasteiger partial charge in [-0.05, 0) is 37.9 Å². The molecule has 10 heteroatoms. The van der Waals surface area contributed by atoms with Gasteiger partial charge in [0.05, 0.1) is 57.6 Å². The van der Waals surface area contributed by atoms with Gasteiger partial charge in [-0.15, -0.1) is 0 Å². The van der Waals surface area contributed by atoms with E-state index in [-0.39, 0.29) is 49.9 Å². The molecule has 3 saturated heterocycles. The predicted molar refractivity (Wildman–Crippen MR) is 130 cm³/mol. The van der Waals surface area contributed by atoms with Crippen LogP contribution in [0.1, 0.15) is 25.7 Å². The van der Waals surface area contributed by atoms with Crippen molar-refractivity contribution in [3.8, 4) is 0 Å². The van der Waals surface area contributed by atoms with Crippen LogP contribution < -0.4 is 10.6 Å². The molecule has 3 N–H and O–H groups in total. The maximum absolute atomic E-state index is 13.1. The summed E-state index contributed by atoms with van der Waals surface area (Å²) < 4.78 is 17.3. The van der Waals surface area contributed by atoms with Crippen molar-refractivity contribution in [2.75, 3.05) is 64.5 Å². The highest BCUT2D eigenvalue weighted by molar-refractivity contribution is 5.89. The van der Waals surface area contributed by atoms with Gasteiger partial charge >= 0.3 is 6.03 Å². The molecule has 3 aliphatic rings. The molecule has 0 aromatic heterocycles. The number of ether oxygens (including phenoxy) is 3. The molecule has 3 fully saturated rings. The Kier molecular flexibility index (Phi) is 9.73. The van der Waals surface area contributed by atoms with Gasteiger partial charge in [0.2, 0.25) is 5.91 Å². The van der Waals surface area contributed by atoms with E-state index in [1.807, 2.05) is 30.3 Å². The summed E-state index contributed by atoms with van der Waals surface area (Å²) >= 11 is 0. The number of aliphatic hydroxyl groups excluding tert-OH is 1. The van der Waals surface area contributed by atoms with Gasteiger partial charge in [0.1, 0.15) is 6.10 Å². The summed E-state index contributed by atoms with van der Waals surface area (Å²) in [4.78, 5) is 29.6. The first-order chi connectivity index (χ1) is 17.1. The molecule has 1 aromatic rings. The van der Waals surface area contributed by atoms with Crippen LogP contribution in [0.15, 0.2) is 30.3 Å². The van der Waals surface area contributed by atoms with Crippen molar-refractivity contribution >= 4 is 17.6 Å². The van der Waals surface area contributed by atoms with Gasteiger partial charge in [0.25, 0.3) is 0 Å². The van der Waals surface area contributed by atoms with E-state index in [9.17, 15) is 14.7 Å². The molecule has 0 aliphatic carbocycles. The number of anilines is 1. The van der Waals surface area contributed by atoms with Crippen LogP contribution in [0.2, 0.25) is 0 Å². The van der Waals surface area contributed by atoms with E-state index >= 15 is 0 Å². The molecule has 0 spiro atoms. The second kappa shape index (κ2) is 13.2. The predicted octanol–water partition coefficient (Wildman–Crippen LogP) is 1.06. The van der Waals surface area contributed by atoms with Crippen molar-refractivity contribution in [2.24, 2.45) is 0 Å². The first-order valence-electron chi connectivity index (χ1n) is 12.7. The highest BCUT2D eigenvalue weighted by Crippen LogP contribution is 2.28. The Morgan fingerprint density at radius 3 is 2.66 bits per heavy atom. The van der Waals surface area contributed by atoms with Gasteiger partial charge in [-0.3, -0.25) is 9.69 Å². The summed E-state index contributed by atoms with van der Waals surface area (Å²) in [7, 11) is 0. The molecule has 4 rings (SSSR count). The molecule has 4 atom stereocenters. The molecule has 3 heterocycles. The summed E-state index contributed by atoms with van der Waals surface area (Å²) in [5.41, 5.74) is 0.696. The lowest BCUT2D eigenvalue weighted by molar-refractivity contribution is -0.149. The fraction of sp³-hybridized carbons (Fsp3) is 0.680. The number of carbonyl (C=O) groups is 2. The highest BCUT2D eigenvalue weighted by atomic mass is 16.5. The minimum atomic E-state index is -0.765. The summed E-state index contributed by atoms with van der Waals surface area (Å²) in [6, 6.07) is 8.75. The third-order valence-electron chi connectivity index (χ3n) is 6.76. The molecule has 35 heavy (non-hydrogen) atoms. The van der Waals surface area contributed by atoms with Crippen LogP contribution in [-0.4, -0.2) is 110 Å². The van der Waals surface area contributed by atoms with Crippen molar-refractivity contribution in [1.82, 2.24) is 15.1 Å². The number of β-amino-alcohol motifs (C(OH)–C–C–N with tert-alkyl or cyclic N) is 1. The molecule has 0 bridgehead atoms. The molecule has 1 aromatic carbocycles. The van der Waals surface area contributed by atoms with Crippen molar-refractivity contribution in [1.29, 1.82) is 0 Å². The number of morpholine rings is 1. The monoisotopic (exact) mass is 490 g/mol. The molecule has 10 nitrogen and oxygen atoms in total. The van der Waals surface area contributed by atoms with Crippen LogP contribution in [0, 0.1) is 0 Å². The topological polar surface area (TPSA) is 113 Å². The van der Waals surface area contributed by atoms with Gasteiger partial charge in [-0.25, -0.2) is 4.79 Å². The van der Waals surface area contributed by atoms with Crippen LogP contribution in [0.25, 0.3) is 0 Å². The lowest BCUT2D eigenvalue weighted by Crippen LogP contribution is -2.58. The SMILES string of the molecule is O=C(C[C@@H]1CC[C@@H]2[C@H](COC[C@@H](O)CN2C(=O)Nc2ccccc2)O1)NCCCN1CCOCC1. The largest absolute Gasteiger partial charge is 0.389 e. The normalized spacial score (nSPS) is 27.9. The number of hydrogen-bond donors (Lipinski definition) is 3. The average molecular weight is 491 g/mol. The van der Waals surface area contributed by atoms with Crippen LogP contribution >= 0.6 is 0 Å². The van der Waals surface area contributed by atoms with Crippen LogP contribution in [0.3, 0.4) is 0 Å². The van der Waals surface area contributed by atoms with Gasteiger partial charge in [-0.2, -0.15) is 0 Å². The lowest BCUT2D eigenvalue weighted by Gasteiger charge is -2.44.